The van der Waals surface area contributed by atoms with Crippen molar-refractivity contribution in [2.24, 2.45) is 0 Å². The summed E-state index contributed by atoms with van der Waals surface area (Å²) in [6.45, 7) is 5.82. The number of carbonyl (C=O) groups is 1. The van der Waals surface area contributed by atoms with Gasteiger partial charge in [-0.15, -0.1) is 0 Å². The zero-order valence-electron chi connectivity index (χ0n) is 11.8. The second-order valence-corrected chi connectivity index (χ2v) is 4.42. The number of hydrogen-bond donors (Lipinski definition) is 2. The van der Waals surface area contributed by atoms with Crippen LogP contribution in [0.15, 0.2) is 18.2 Å². The van der Waals surface area contributed by atoms with Gasteiger partial charge in [-0.1, -0.05) is 31.8 Å². The number of carbonyl (C=O) groups excluding carboxylic acids is 1. The summed E-state index contributed by atoms with van der Waals surface area (Å²) in [6.07, 6.45) is 1.84. The number of hydrogen-bond acceptors (Lipinski definition) is 2. The highest BCUT2D eigenvalue weighted by molar-refractivity contribution is 5.96. The summed E-state index contributed by atoms with van der Waals surface area (Å²) in [5.74, 6) is 5.41. The van der Waals surface area contributed by atoms with Crippen LogP contribution < -0.4 is 5.32 Å². The highest BCUT2D eigenvalue weighted by Gasteiger charge is 2.13. The Kier molecular flexibility index (Phi) is 6.11. The molecule has 3 nitrogen and oxygen atoms in total. The van der Waals surface area contributed by atoms with E-state index in [9.17, 15) is 4.79 Å². The van der Waals surface area contributed by atoms with Crippen molar-refractivity contribution < 1.29 is 9.90 Å². The Labute approximate surface area is 115 Å². The number of nitrogens with one attached hydrogen (secondary N) is 1. The van der Waals surface area contributed by atoms with Gasteiger partial charge in [0.25, 0.3) is 5.91 Å². The SMILES string of the molecule is CCC(CC)NC(=O)c1cccc(C#CCO)c1C. The topological polar surface area (TPSA) is 49.3 Å². The first-order valence-electron chi connectivity index (χ1n) is 6.64. The molecule has 1 aromatic rings. The lowest BCUT2D eigenvalue weighted by Crippen LogP contribution is -2.34. The van der Waals surface area contributed by atoms with Crippen molar-refractivity contribution in [2.45, 2.75) is 39.7 Å². The van der Waals surface area contributed by atoms with Crippen molar-refractivity contribution in [1.82, 2.24) is 5.32 Å². The van der Waals surface area contributed by atoms with E-state index in [4.69, 9.17) is 5.11 Å². The third-order valence-corrected chi connectivity index (χ3v) is 3.20. The molecule has 2 N–H and O–H groups in total. The Balaban J connectivity index is 2.98. The van der Waals surface area contributed by atoms with Gasteiger partial charge in [-0.2, -0.15) is 0 Å². The normalized spacial score (nSPS) is 9.95. The first-order valence-corrected chi connectivity index (χ1v) is 6.64. The van der Waals surface area contributed by atoms with Crippen molar-refractivity contribution >= 4 is 5.91 Å². The fraction of sp³-hybridized carbons (Fsp3) is 0.438. The molecule has 1 amide bonds. The molecule has 0 bridgehead atoms. The van der Waals surface area contributed by atoms with Gasteiger partial charge in [-0.3, -0.25) is 4.79 Å². The highest BCUT2D eigenvalue weighted by Crippen LogP contribution is 2.13. The first kappa shape index (κ1) is 15.3. The zero-order chi connectivity index (χ0) is 14.3. The van der Waals surface area contributed by atoms with Gasteiger partial charge in [-0.05, 0) is 37.5 Å². The molecule has 0 aliphatic heterocycles. The molecule has 3 heteroatoms. The van der Waals surface area contributed by atoms with E-state index >= 15 is 0 Å². The summed E-state index contributed by atoms with van der Waals surface area (Å²) in [4.78, 5) is 12.2. The molecule has 0 saturated heterocycles. The first-order chi connectivity index (χ1) is 9.13. The fourth-order valence-corrected chi connectivity index (χ4v) is 1.91. The van der Waals surface area contributed by atoms with Crippen LogP contribution in [0.1, 0.15) is 48.2 Å². The lowest BCUT2D eigenvalue weighted by molar-refractivity contribution is 0.0934. The molecule has 1 rings (SSSR count). The lowest BCUT2D eigenvalue weighted by Gasteiger charge is -2.16. The van der Waals surface area contributed by atoms with Crippen LogP contribution in [0.5, 0.6) is 0 Å². The van der Waals surface area contributed by atoms with Crippen molar-refractivity contribution in [3.8, 4) is 11.8 Å². The van der Waals surface area contributed by atoms with Crippen molar-refractivity contribution in [3.05, 3.63) is 34.9 Å². The molecule has 0 fully saturated rings. The molecule has 0 spiro atoms. The van der Waals surface area contributed by atoms with Crippen molar-refractivity contribution in [3.63, 3.8) is 0 Å². The Morgan fingerprint density at radius 2 is 2.05 bits per heavy atom. The average molecular weight is 259 g/mol. The number of rotatable bonds is 4. The highest BCUT2D eigenvalue weighted by atomic mass is 16.2. The molecule has 1 aromatic carbocycles. The fourth-order valence-electron chi connectivity index (χ4n) is 1.91. The Morgan fingerprint density at radius 3 is 2.63 bits per heavy atom. The maximum Gasteiger partial charge on any atom is 0.251 e. The maximum absolute atomic E-state index is 12.2. The summed E-state index contributed by atoms with van der Waals surface area (Å²) in [6, 6.07) is 5.68. The average Bonchev–Trinajstić information content (AvgIpc) is 2.43. The molecular formula is C16H21NO2. The van der Waals surface area contributed by atoms with E-state index in [1.54, 1.807) is 6.07 Å². The predicted octanol–water partition coefficient (Wildman–Crippen LogP) is 2.26. The van der Waals surface area contributed by atoms with Gasteiger partial charge in [0.1, 0.15) is 6.61 Å². The van der Waals surface area contributed by atoms with E-state index in [0.717, 1.165) is 24.0 Å². The Bertz CT molecular complexity index is 493. The molecule has 0 aliphatic carbocycles. The van der Waals surface area contributed by atoms with Gasteiger partial charge in [0.2, 0.25) is 0 Å². The van der Waals surface area contributed by atoms with Crippen LogP contribution in [-0.2, 0) is 0 Å². The number of aliphatic hydroxyl groups excluding tert-OH is 1. The minimum Gasteiger partial charge on any atom is -0.384 e. The van der Waals surface area contributed by atoms with E-state index in [1.807, 2.05) is 19.1 Å². The molecule has 0 aliphatic rings. The second-order valence-electron chi connectivity index (χ2n) is 4.42. The molecule has 0 aromatic heterocycles. The Morgan fingerprint density at radius 1 is 1.37 bits per heavy atom. The number of amides is 1. The molecule has 0 saturated carbocycles. The van der Waals surface area contributed by atoms with Crippen LogP contribution in [0.3, 0.4) is 0 Å². The minimum atomic E-state index is -0.177. The summed E-state index contributed by atoms with van der Waals surface area (Å²) in [5, 5.41) is 11.7. The monoisotopic (exact) mass is 259 g/mol. The standard InChI is InChI=1S/C16H21NO2/c1-4-14(5-2)17-16(19)15-10-6-8-13(12(15)3)9-7-11-18/h6,8,10,14,18H,4-5,11H2,1-3H3,(H,17,19). The summed E-state index contributed by atoms with van der Waals surface area (Å²) >= 11 is 0. The van der Waals surface area contributed by atoms with E-state index in [-0.39, 0.29) is 18.6 Å². The van der Waals surface area contributed by atoms with E-state index in [2.05, 4.69) is 31.0 Å². The van der Waals surface area contributed by atoms with Crippen LogP contribution in [0.25, 0.3) is 0 Å². The second kappa shape index (κ2) is 7.60. The van der Waals surface area contributed by atoms with Crippen molar-refractivity contribution in [1.29, 1.82) is 0 Å². The molecule has 102 valence electrons. The van der Waals surface area contributed by atoms with Crippen LogP contribution in [0, 0.1) is 18.8 Å². The van der Waals surface area contributed by atoms with Gasteiger partial charge >= 0.3 is 0 Å². The molecule has 0 atom stereocenters. The summed E-state index contributed by atoms with van der Waals surface area (Å²) in [7, 11) is 0. The lowest BCUT2D eigenvalue weighted by atomic mass is 10.0. The van der Waals surface area contributed by atoms with E-state index in [1.165, 1.54) is 0 Å². The van der Waals surface area contributed by atoms with E-state index in [0.29, 0.717) is 5.56 Å². The Hall–Kier alpha value is -1.79. The summed E-state index contributed by atoms with van der Waals surface area (Å²) < 4.78 is 0. The number of benzene rings is 1. The third kappa shape index (κ3) is 4.11. The number of aliphatic hydroxyl groups is 1. The van der Waals surface area contributed by atoms with Gasteiger partial charge < -0.3 is 10.4 Å². The maximum atomic E-state index is 12.2. The smallest absolute Gasteiger partial charge is 0.251 e. The summed E-state index contributed by atoms with van der Waals surface area (Å²) in [5.41, 5.74) is 2.29. The quantitative estimate of drug-likeness (QED) is 0.815. The van der Waals surface area contributed by atoms with Crippen LogP contribution in [0.4, 0.5) is 0 Å². The molecule has 19 heavy (non-hydrogen) atoms. The van der Waals surface area contributed by atoms with Gasteiger partial charge in [0.15, 0.2) is 0 Å². The minimum absolute atomic E-state index is 0.0566. The van der Waals surface area contributed by atoms with Crippen LogP contribution >= 0.6 is 0 Å². The zero-order valence-corrected chi connectivity index (χ0v) is 11.8. The van der Waals surface area contributed by atoms with Crippen LogP contribution in [-0.4, -0.2) is 23.7 Å². The molecule has 0 heterocycles. The third-order valence-electron chi connectivity index (χ3n) is 3.20. The van der Waals surface area contributed by atoms with E-state index < -0.39 is 0 Å². The van der Waals surface area contributed by atoms with Gasteiger partial charge in [0.05, 0.1) is 0 Å². The molecular weight excluding hydrogens is 238 g/mol. The van der Waals surface area contributed by atoms with Crippen LogP contribution in [0.2, 0.25) is 0 Å². The predicted molar refractivity (Wildman–Crippen MR) is 77.0 cm³/mol. The molecule has 0 radical (unpaired) electrons. The van der Waals surface area contributed by atoms with Gasteiger partial charge in [-0.25, -0.2) is 0 Å². The largest absolute Gasteiger partial charge is 0.384 e. The van der Waals surface area contributed by atoms with Crippen molar-refractivity contribution in [2.75, 3.05) is 6.61 Å². The van der Waals surface area contributed by atoms with Gasteiger partial charge in [0, 0.05) is 17.2 Å². The molecule has 0 unspecified atom stereocenters.